The van der Waals surface area contributed by atoms with Crippen LogP contribution in [-0.2, 0) is 4.79 Å². The molecule has 0 aliphatic rings. The fourth-order valence-corrected chi connectivity index (χ4v) is 1.50. The van der Waals surface area contributed by atoms with Gasteiger partial charge in [0.15, 0.2) is 0 Å². The lowest BCUT2D eigenvalue weighted by Gasteiger charge is -2.14. The Kier molecular flexibility index (Phi) is 5.00. The van der Waals surface area contributed by atoms with E-state index >= 15 is 0 Å². The number of carbonyl (C=O) groups is 1. The SMILES string of the molecule is Cc1cccc(C(NCCN=[N+]=[N-])C(=O)O)c1. The van der Waals surface area contributed by atoms with Gasteiger partial charge in [-0.25, -0.2) is 0 Å². The smallest absolute Gasteiger partial charge is 0.325 e. The molecule has 0 aromatic heterocycles. The fraction of sp³-hybridized carbons (Fsp3) is 0.364. The number of nitrogens with one attached hydrogen (secondary N) is 1. The Labute approximate surface area is 98.9 Å². The number of carboxylic acid groups (broad SMARTS) is 1. The zero-order valence-corrected chi connectivity index (χ0v) is 9.50. The lowest BCUT2D eigenvalue weighted by molar-refractivity contribution is -0.139. The van der Waals surface area contributed by atoms with E-state index in [2.05, 4.69) is 15.3 Å². The number of aryl methyl sites for hydroxylation is 1. The van der Waals surface area contributed by atoms with Crippen molar-refractivity contribution in [3.05, 3.63) is 45.8 Å². The molecule has 0 amide bonds. The first-order valence-electron chi connectivity index (χ1n) is 5.18. The Balaban J connectivity index is 2.72. The lowest BCUT2D eigenvalue weighted by Crippen LogP contribution is -2.30. The summed E-state index contributed by atoms with van der Waals surface area (Å²) in [4.78, 5) is 13.7. The number of hydrogen-bond donors (Lipinski definition) is 2. The summed E-state index contributed by atoms with van der Waals surface area (Å²) in [7, 11) is 0. The summed E-state index contributed by atoms with van der Waals surface area (Å²) in [6.07, 6.45) is 0. The second kappa shape index (κ2) is 6.52. The van der Waals surface area contributed by atoms with Crippen LogP contribution in [0.3, 0.4) is 0 Å². The number of rotatable bonds is 6. The molecule has 90 valence electrons. The van der Waals surface area contributed by atoms with Crippen molar-refractivity contribution in [1.29, 1.82) is 0 Å². The average Bonchev–Trinajstić information content (AvgIpc) is 2.28. The van der Waals surface area contributed by atoms with Crippen LogP contribution in [0, 0.1) is 6.92 Å². The molecular weight excluding hydrogens is 220 g/mol. The molecule has 1 unspecified atom stereocenters. The first-order chi connectivity index (χ1) is 8.15. The molecular formula is C11H14N4O2. The third-order valence-corrected chi connectivity index (χ3v) is 2.25. The van der Waals surface area contributed by atoms with Gasteiger partial charge in [0.25, 0.3) is 0 Å². The van der Waals surface area contributed by atoms with Crippen molar-refractivity contribution < 1.29 is 9.90 Å². The molecule has 0 radical (unpaired) electrons. The molecule has 1 aromatic rings. The molecule has 0 fully saturated rings. The van der Waals surface area contributed by atoms with Crippen LogP contribution in [0.4, 0.5) is 0 Å². The molecule has 17 heavy (non-hydrogen) atoms. The van der Waals surface area contributed by atoms with Crippen LogP contribution >= 0.6 is 0 Å². The maximum Gasteiger partial charge on any atom is 0.325 e. The molecule has 1 rings (SSSR count). The van der Waals surface area contributed by atoms with Crippen molar-refractivity contribution in [1.82, 2.24) is 5.32 Å². The molecule has 0 bridgehead atoms. The molecule has 1 atom stereocenters. The summed E-state index contributed by atoms with van der Waals surface area (Å²) in [5, 5.41) is 15.3. The van der Waals surface area contributed by atoms with Gasteiger partial charge in [0.05, 0.1) is 0 Å². The van der Waals surface area contributed by atoms with Crippen LogP contribution in [0.2, 0.25) is 0 Å². The second-order valence-electron chi connectivity index (χ2n) is 3.59. The van der Waals surface area contributed by atoms with Crippen LogP contribution in [0.25, 0.3) is 10.4 Å². The summed E-state index contributed by atoms with van der Waals surface area (Å²) in [6, 6.07) is 6.52. The van der Waals surface area contributed by atoms with Crippen LogP contribution in [-0.4, -0.2) is 24.2 Å². The molecule has 0 heterocycles. The predicted molar refractivity (Wildman–Crippen MR) is 63.6 cm³/mol. The predicted octanol–water partition coefficient (Wildman–Crippen LogP) is 2.02. The van der Waals surface area contributed by atoms with Crippen LogP contribution in [0.15, 0.2) is 29.4 Å². The van der Waals surface area contributed by atoms with Gasteiger partial charge in [-0.1, -0.05) is 34.9 Å². The Morgan fingerprint density at radius 1 is 1.65 bits per heavy atom. The number of carboxylic acids is 1. The van der Waals surface area contributed by atoms with E-state index in [1.807, 2.05) is 25.1 Å². The molecule has 6 nitrogen and oxygen atoms in total. The van der Waals surface area contributed by atoms with Gasteiger partial charge >= 0.3 is 5.97 Å². The van der Waals surface area contributed by atoms with E-state index in [9.17, 15) is 4.79 Å². The molecule has 0 aliphatic heterocycles. The number of azide groups is 1. The van der Waals surface area contributed by atoms with E-state index in [4.69, 9.17) is 10.6 Å². The van der Waals surface area contributed by atoms with Gasteiger partial charge in [-0.3, -0.25) is 4.79 Å². The highest BCUT2D eigenvalue weighted by Crippen LogP contribution is 2.14. The van der Waals surface area contributed by atoms with E-state index in [-0.39, 0.29) is 6.54 Å². The minimum Gasteiger partial charge on any atom is -0.480 e. The van der Waals surface area contributed by atoms with E-state index < -0.39 is 12.0 Å². The summed E-state index contributed by atoms with van der Waals surface area (Å²) in [5.41, 5.74) is 9.81. The van der Waals surface area contributed by atoms with Crippen LogP contribution in [0.1, 0.15) is 17.2 Å². The van der Waals surface area contributed by atoms with Crippen LogP contribution < -0.4 is 5.32 Å². The number of benzene rings is 1. The highest BCUT2D eigenvalue weighted by atomic mass is 16.4. The quantitative estimate of drug-likeness (QED) is 0.341. The normalized spacial score (nSPS) is 11.6. The first-order valence-corrected chi connectivity index (χ1v) is 5.18. The molecule has 0 spiro atoms. The molecule has 2 N–H and O–H groups in total. The third kappa shape index (κ3) is 4.14. The van der Waals surface area contributed by atoms with E-state index in [1.165, 1.54) is 0 Å². The van der Waals surface area contributed by atoms with Gasteiger partial charge in [0, 0.05) is 18.0 Å². The van der Waals surface area contributed by atoms with E-state index in [0.717, 1.165) is 5.56 Å². The molecule has 1 aromatic carbocycles. The van der Waals surface area contributed by atoms with E-state index in [0.29, 0.717) is 12.1 Å². The van der Waals surface area contributed by atoms with Crippen molar-refractivity contribution in [2.24, 2.45) is 5.11 Å². The van der Waals surface area contributed by atoms with Gasteiger partial charge in [0.1, 0.15) is 6.04 Å². The van der Waals surface area contributed by atoms with Gasteiger partial charge in [-0.2, -0.15) is 0 Å². The Hall–Kier alpha value is -2.04. The summed E-state index contributed by atoms with van der Waals surface area (Å²) >= 11 is 0. The van der Waals surface area contributed by atoms with Crippen molar-refractivity contribution in [2.75, 3.05) is 13.1 Å². The fourth-order valence-electron chi connectivity index (χ4n) is 1.50. The van der Waals surface area contributed by atoms with Gasteiger partial charge < -0.3 is 10.4 Å². The third-order valence-electron chi connectivity index (χ3n) is 2.25. The van der Waals surface area contributed by atoms with Gasteiger partial charge in [-0.05, 0) is 18.0 Å². The zero-order valence-electron chi connectivity index (χ0n) is 9.50. The standard InChI is InChI=1S/C11H14N4O2/c1-8-3-2-4-9(7-8)10(11(16)17)13-5-6-14-15-12/h2-4,7,10,13H,5-6H2,1H3,(H,16,17). The van der Waals surface area contributed by atoms with Crippen molar-refractivity contribution in [2.45, 2.75) is 13.0 Å². The average molecular weight is 234 g/mol. The molecule has 0 saturated heterocycles. The summed E-state index contributed by atoms with van der Waals surface area (Å²) in [6.45, 7) is 2.46. The van der Waals surface area contributed by atoms with Gasteiger partial charge in [0.2, 0.25) is 0 Å². The number of hydrogen-bond acceptors (Lipinski definition) is 3. The maximum absolute atomic E-state index is 11.1. The highest BCUT2D eigenvalue weighted by Gasteiger charge is 2.18. The van der Waals surface area contributed by atoms with Crippen LogP contribution in [0.5, 0.6) is 0 Å². The van der Waals surface area contributed by atoms with Crippen molar-refractivity contribution >= 4 is 5.97 Å². The lowest BCUT2D eigenvalue weighted by atomic mass is 10.0. The number of nitrogens with zero attached hydrogens (tertiary/aromatic N) is 3. The molecule has 0 aliphatic carbocycles. The zero-order chi connectivity index (χ0) is 12.7. The van der Waals surface area contributed by atoms with E-state index in [1.54, 1.807) is 6.07 Å². The minimum absolute atomic E-state index is 0.228. The second-order valence-corrected chi connectivity index (χ2v) is 3.59. The van der Waals surface area contributed by atoms with Gasteiger partial charge in [-0.15, -0.1) is 0 Å². The maximum atomic E-state index is 11.1. The Morgan fingerprint density at radius 3 is 3.00 bits per heavy atom. The Morgan fingerprint density at radius 2 is 2.41 bits per heavy atom. The highest BCUT2D eigenvalue weighted by molar-refractivity contribution is 5.75. The summed E-state index contributed by atoms with van der Waals surface area (Å²) in [5.74, 6) is -0.948. The topological polar surface area (TPSA) is 98.1 Å². The summed E-state index contributed by atoms with van der Waals surface area (Å²) < 4.78 is 0. The number of aliphatic carboxylic acids is 1. The monoisotopic (exact) mass is 234 g/mol. The largest absolute Gasteiger partial charge is 0.480 e. The molecule has 6 heteroatoms. The van der Waals surface area contributed by atoms with Crippen molar-refractivity contribution in [3.63, 3.8) is 0 Å². The Bertz CT molecular complexity index is 441. The van der Waals surface area contributed by atoms with Crippen molar-refractivity contribution in [3.8, 4) is 0 Å². The minimum atomic E-state index is -0.948. The first kappa shape index (κ1) is 13.0. The molecule has 0 saturated carbocycles.